The predicted molar refractivity (Wildman–Crippen MR) is 128 cm³/mol. The van der Waals surface area contributed by atoms with Gasteiger partial charge in [-0.05, 0) is 0 Å². The summed E-state index contributed by atoms with van der Waals surface area (Å²) in [6, 6.07) is 15.6. The van der Waals surface area contributed by atoms with Gasteiger partial charge in [0.1, 0.15) is 0 Å². The second kappa shape index (κ2) is 20.5. The van der Waals surface area contributed by atoms with Crippen molar-refractivity contribution in [2.24, 2.45) is 0 Å². The number of hydrogen-bond acceptors (Lipinski definition) is 0. The first kappa shape index (κ1) is 28.2. The van der Waals surface area contributed by atoms with E-state index in [4.69, 9.17) is 0 Å². The molecule has 0 aromatic heterocycles. The van der Waals surface area contributed by atoms with Gasteiger partial charge in [0.25, 0.3) is 0 Å². The molecule has 0 bridgehead atoms. The number of hydrogen-bond donors (Lipinski definition) is 0. The van der Waals surface area contributed by atoms with E-state index in [1.165, 1.54) is 102 Å². The third-order valence-electron chi connectivity index (χ3n) is 5.66. The van der Waals surface area contributed by atoms with Crippen molar-refractivity contribution >= 4 is 0 Å². The number of unbranched alkanes of at least 4 members (excludes halogenated alkanes) is 9. The molecule has 0 heterocycles. The molecule has 0 saturated heterocycles. The van der Waals surface area contributed by atoms with Crippen molar-refractivity contribution in [3.05, 3.63) is 59.2 Å². The van der Waals surface area contributed by atoms with E-state index in [1.54, 1.807) is 11.1 Å². The quantitative estimate of drug-likeness (QED) is 0.148. The standard InChI is InChI=1S/C17H29.C11H17.Fe/c1-3-5-7-9-12-16-14-11-15-17(16)13-10-8-6-4-2;1-2-3-4-5-8-11-9-6-7-10-11;/h11,14-15H,3-10,12-13H2,1-2H3;6-7,9-10H,2-5,8H2,1H3;/q2*-1;+2. The molecule has 2 aromatic carbocycles. The summed E-state index contributed by atoms with van der Waals surface area (Å²) in [5.74, 6) is 0. The Balaban J connectivity index is 0.000000568. The first-order valence-corrected chi connectivity index (χ1v) is 12.3. The fraction of sp³-hybridized carbons (Fsp3) is 0.643. The molecule has 0 fully saturated rings. The maximum absolute atomic E-state index is 2.33. The minimum atomic E-state index is 0. The summed E-state index contributed by atoms with van der Waals surface area (Å²) in [5, 5.41) is 0. The topological polar surface area (TPSA) is 0 Å². The molecule has 0 saturated carbocycles. The van der Waals surface area contributed by atoms with Crippen LogP contribution in [0, 0.1) is 0 Å². The minimum Gasteiger partial charge on any atom is -0.213 e. The van der Waals surface area contributed by atoms with E-state index in [2.05, 4.69) is 63.2 Å². The third kappa shape index (κ3) is 14.8. The zero-order valence-corrected chi connectivity index (χ0v) is 20.6. The zero-order valence-electron chi connectivity index (χ0n) is 19.5. The van der Waals surface area contributed by atoms with E-state index >= 15 is 0 Å². The van der Waals surface area contributed by atoms with Gasteiger partial charge in [0, 0.05) is 0 Å². The van der Waals surface area contributed by atoms with Crippen molar-refractivity contribution in [3.63, 3.8) is 0 Å². The predicted octanol–water partition coefficient (Wildman–Crippen LogP) is 9.18. The molecule has 166 valence electrons. The second-order valence-electron chi connectivity index (χ2n) is 8.30. The summed E-state index contributed by atoms with van der Waals surface area (Å²) in [6.45, 7) is 6.81. The van der Waals surface area contributed by atoms with Crippen LogP contribution in [0.25, 0.3) is 0 Å². The van der Waals surface area contributed by atoms with Gasteiger partial charge >= 0.3 is 17.1 Å². The summed E-state index contributed by atoms with van der Waals surface area (Å²) in [6.07, 6.45) is 20.4. The van der Waals surface area contributed by atoms with Gasteiger partial charge in [-0.1, -0.05) is 117 Å². The van der Waals surface area contributed by atoms with E-state index in [1.807, 2.05) is 0 Å². The van der Waals surface area contributed by atoms with E-state index in [0.29, 0.717) is 0 Å². The summed E-state index contributed by atoms with van der Waals surface area (Å²) in [4.78, 5) is 0. The molecule has 0 aliphatic heterocycles. The van der Waals surface area contributed by atoms with Crippen molar-refractivity contribution in [1.82, 2.24) is 0 Å². The zero-order chi connectivity index (χ0) is 20.3. The second-order valence-corrected chi connectivity index (χ2v) is 8.30. The van der Waals surface area contributed by atoms with Gasteiger partial charge in [-0.3, -0.25) is 0 Å². The first-order chi connectivity index (χ1) is 13.8. The van der Waals surface area contributed by atoms with Crippen LogP contribution in [-0.2, 0) is 36.3 Å². The Morgan fingerprint density at radius 1 is 0.586 bits per heavy atom. The smallest absolute Gasteiger partial charge is 0.213 e. The molecule has 0 aliphatic carbocycles. The molecule has 0 spiro atoms. The van der Waals surface area contributed by atoms with Crippen LogP contribution in [0.1, 0.15) is 115 Å². The fourth-order valence-corrected chi connectivity index (χ4v) is 3.80. The summed E-state index contributed by atoms with van der Waals surface area (Å²) >= 11 is 0. The van der Waals surface area contributed by atoms with Crippen molar-refractivity contribution in [1.29, 1.82) is 0 Å². The van der Waals surface area contributed by atoms with Crippen molar-refractivity contribution in [3.8, 4) is 0 Å². The monoisotopic (exact) mass is 438 g/mol. The van der Waals surface area contributed by atoms with Crippen molar-refractivity contribution in [2.45, 2.75) is 117 Å². The number of aryl methyl sites for hydroxylation is 3. The summed E-state index contributed by atoms with van der Waals surface area (Å²) < 4.78 is 0. The Hall–Kier alpha value is -0.781. The van der Waals surface area contributed by atoms with Crippen molar-refractivity contribution < 1.29 is 17.1 Å². The average Bonchev–Trinajstić information content (AvgIpc) is 3.38. The molecule has 1 heteroatoms. The van der Waals surface area contributed by atoms with Gasteiger partial charge in [-0.2, -0.15) is 41.0 Å². The van der Waals surface area contributed by atoms with Crippen LogP contribution in [0.15, 0.2) is 42.5 Å². The SMILES string of the molecule is CCCCCCc1cc[cH-]c1CCCCCC.CCCCCCc1ccc[cH-]1.[Fe+2]. The Morgan fingerprint density at radius 2 is 1.17 bits per heavy atom. The normalized spacial score (nSPS) is 10.3. The van der Waals surface area contributed by atoms with E-state index in [0.717, 1.165) is 0 Å². The Bertz CT molecular complexity index is 508. The van der Waals surface area contributed by atoms with Gasteiger partial charge in [-0.15, -0.1) is 0 Å². The van der Waals surface area contributed by atoms with Gasteiger partial charge in [-0.25, -0.2) is 18.2 Å². The van der Waals surface area contributed by atoms with Crippen LogP contribution in [-0.4, -0.2) is 0 Å². The largest absolute Gasteiger partial charge is 2.00 e. The van der Waals surface area contributed by atoms with Crippen LogP contribution in [0.4, 0.5) is 0 Å². The number of rotatable bonds is 15. The maximum Gasteiger partial charge on any atom is 2.00 e. The van der Waals surface area contributed by atoms with Crippen LogP contribution in [0.5, 0.6) is 0 Å². The molecule has 0 amide bonds. The molecule has 2 aromatic rings. The van der Waals surface area contributed by atoms with Gasteiger partial charge in [0.15, 0.2) is 0 Å². The molecule has 0 radical (unpaired) electrons. The third-order valence-corrected chi connectivity index (χ3v) is 5.66. The Kier molecular flexibility index (Phi) is 19.9. The van der Waals surface area contributed by atoms with Crippen LogP contribution in [0.2, 0.25) is 0 Å². The van der Waals surface area contributed by atoms with Crippen LogP contribution >= 0.6 is 0 Å². The first-order valence-electron chi connectivity index (χ1n) is 12.3. The molecule has 0 nitrogen and oxygen atoms in total. The average molecular weight is 439 g/mol. The molecule has 0 atom stereocenters. The van der Waals surface area contributed by atoms with Crippen molar-refractivity contribution in [2.75, 3.05) is 0 Å². The van der Waals surface area contributed by atoms with Crippen LogP contribution < -0.4 is 0 Å². The fourth-order valence-electron chi connectivity index (χ4n) is 3.80. The van der Waals surface area contributed by atoms with Gasteiger partial charge in [0.05, 0.1) is 0 Å². The summed E-state index contributed by atoms with van der Waals surface area (Å²) in [7, 11) is 0. The molecular formula is C28H46Fe. The Labute approximate surface area is 193 Å². The Morgan fingerprint density at radius 3 is 1.72 bits per heavy atom. The molecule has 0 aliphatic rings. The molecule has 29 heavy (non-hydrogen) atoms. The van der Waals surface area contributed by atoms with E-state index in [9.17, 15) is 0 Å². The van der Waals surface area contributed by atoms with Gasteiger partial charge < -0.3 is 0 Å². The van der Waals surface area contributed by atoms with E-state index in [-0.39, 0.29) is 17.1 Å². The molecule has 0 unspecified atom stereocenters. The van der Waals surface area contributed by atoms with Gasteiger partial charge in [0.2, 0.25) is 0 Å². The molecule has 0 N–H and O–H groups in total. The molecule has 2 rings (SSSR count). The maximum atomic E-state index is 2.33. The van der Waals surface area contributed by atoms with E-state index < -0.39 is 0 Å². The molecular weight excluding hydrogens is 392 g/mol. The minimum absolute atomic E-state index is 0. The van der Waals surface area contributed by atoms with Crippen LogP contribution in [0.3, 0.4) is 0 Å². The summed E-state index contributed by atoms with van der Waals surface area (Å²) in [5.41, 5.74) is 4.75.